The monoisotopic (exact) mass is 501 g/mol. The van der Waals surface area contributed by atoms with Gasteiger partial charge in [-0.05, 0) is 92.2 Å². The summed E-state index contributed by atoms with van der Waals surface area (Å²) in [6, 6.07) is 16.2. The van der Waals surface area contributed by atoms with Crippen molar-refractivity contribution in [3.63, 3.8) is 0 Å². The number of fused-ring (bicyclic) bond motifs is 1. The van der Waals surface area contributed by atoms with Crippen LogP contribution in [0.2, 0.25) is 0 Å². The van der Waals surface area contributed by atoms with Gasteiger partial charge in [-0.25, -0.2) is 0 Å². The summed E-state index contributed by atoms with van der Waals surface area (Å²) >= 11 is 0. The highest BCUT2D eigenvalue weighted by molar-refractivity contribution is 5.95. The second-order valence-corrected chi connectivity index (χ2v) is 10.5. The van der Waals surface area contributed by atoms with Crippen LogP contribution in [-0.2, 0) is 24.1 Å². The van der Waals surface area contributed by atoms with Crippen LogP contribution >= 0.6 is 0 Å². The van der Waals surface area contributed by atoms with Gasteiger partial charge in [-0.15, -0.1) is 0 Å². The van der Waals surface area contributed by atoms with Gasteiger partial charge >= 0.3 is 0 Å². The van der Waals surface area contributed by atoms with Gasteiger partial charge in [0.1, 0.15) is 0 Å². The maximum Gasteiger partial charge on any atom is 0.251 e. The minimum Gasteiger partial charge on any atom is -0.390 e. The first kappa shape index (κ1) is 27.0. The highest BCUT2D eigenvalue weighted by Crippen LogP contribution is 2.25. The molecular weight excluding hydrogens is 462 g/mol. The molecule has 0 heterocycles. The number of nitrogens with one attached hydrogen (secondary N) is 3. The molecule has 2 atom stereocenters. The molecule has 0 radical (unpaired) electrons. The Bertz CT molecular complexity index is 1130. The van der Waals surface area contributed by atoms with Crippen LogP contribution in [0.1, 0.15) is 66.1 Å². The number of aliphatic hydroxyl groups excluding tert-OH is 1. The summed E-state index contributed by atoms with van der Waals surface area (Å²) in [5.74, 6) is 0.151. The molecule has 1 unspecified atom stereocenters. The number of rotatable bonds is 10. The predicted octanol–water partition coefficient (Wildman–Crippen LogP) is 4.19. The van der Waals surface area contributed by atoms with E-state index in [0.29, 0.717) is 30.3 Å². The van der Waals surface area contributed by atoms with Crippen molar-refractivity contribution >= 4 is 17.4 Å². The molecule has 1 amide bonds. The fraction of sp³-hybridized carbons (Fsp3) is 0.452. The van der Waals surface area contributed by atoms with E-state index in [0.717, 1.165) is 56.1 Å². The molecule has 196 valence electrons. The van der Waals surface area contributed by atoms with E-state index in [9.17, 15) is 14.7 Å². The number of aliphatic hydroxyl groups is 1. The Labute approximate surface area is 220 Å². The number of carbonyl (C=O) groups is 2. The Morgan fingerprint density at radius 3 is 2.54 bits per heavy atom. The quantitative estimate of drug-likeness (QED) is 0.367. The van der Waals surface area contributed by atoms with Crippen molar-refractivity contribution in [2.24, 2.45) is 5.92 Å². The maximum atomic E-state index is 12.7. The Kier molecular flexibility index (Phi) is 9.42. The minimum absolute atomic E-state index is 0.159. The number of hydrogen-bond acceptors (Lipinski definition) is 5. The number of amides is 1. The van der Waals surface area contributed by atoms with Crippen molar-refractivity contribution in [1.82, 2.24) is 10.6 Å². The van der Waals surface area contributed by atoms with Gasteiger partial charge in [0.2, 0.25) is 0 Å². The van der Waals surface area contributed by atoms with Crippen molar-refractivity contribution in [3.05, 3.63) is 82.4 Å². The Morgan fingerprint density at radius 1 is 1.05 bits per heavy atom. The minimum atomic E-state index is -0.666. The van der Waals surface area contributed by atoms with Gasteiger partial charge in [0, 0.05) is 36.8 Å². The zero-order chi connectivity index (χ0) is 26.2. The van der Waals surface area contributed by atoms with E-state index in [2.05, 4.69) is 34.9 Å². The molecule has 37 heavy (non-hydrogen) atoms. The molecule has 0 saturated heterocycles. The third kappa shape index (κ3) is 7.70. The second-order valence-electron chi connectivity index (χ2n) is 10.5. The van der Waals surface area contributed by atoms with Gasteiger partial charge < -0.3 is 21.1 Å². The third-order valence-electron chi connectivity index (χ3n) is 7.62. The van der Waals surface area contributed by atoms with Gasteiger partial charge in [-0.2, -0.15) is 0 Å². The first-order valence-electron chi connectivity index (χ1n) is 13.5. The number of benzene rings is 2. The van der Waals surface area contributed by atoms with Crippen molar-refractivity contribution in [2.45, 2.75) is 70.4 Å². The largest absolute Gasteiger partial charge is 0.390 e. The van der Waals surface area contributed by atoms with Crippen molar-refractivity contribution in [1.29, 1.82) is 5.41 Å². The van der Waals surface area contributed by atoms with Crippen LogP contribution < -0.4 is 10.6 Å². The third-order valence-corrected chi connectivity index (χ3v) is 7.62. The van der Waals surface area contributed by atoms with Crippen LogP contribution in [0, 0.1) is 11.3 Å². The number of ketones is 1. The Hall–Kier alpha value is -3.09. The van der Waals surface area contributed by atoms with Crippen molar-refractivity contribution in [3.8, 4) is 0 Å². The highest BCUT2D eigenvalue weighted by atomic mass is 16.3. The lowest BCUT2D eigenvalue weighted by Gasteiger charge is -2.20. The van der Waals surface area contributed by atoms with Crippen LogP contribution in [0.15, 0.2) is 60.2 Å². The lowest BCUT2D eigenvalue weighted by Crippen LogP contribution is -2.41. The number of hydrogen-bond donors (Lipinski definition) is 4. The molecule has 2 aromatic carbocycles. The molecule has 2 aliphatic carbocycles. The molecule has 0 spiro atoms. The zero-order valence-electron chi connectivity index (χ0n) is 21.8. The molecule has 0 aliphatic heterocycles. The second kappa shape index (κ2) is 12.9. The van der Waals surface area contributed by atoms with Gasteiger partial charge in [0.05, 0.1) is 6.10 Å². The normalized spacial score (nSPS) is 20.2. The van der Waals surface area contributed by atoms with Gasteiger partial charge in [-0.1, -0.05) is 42.5 Å². The SMILES string of the molecule is CC(=O)/C1=C\CCC(C(=N)Cc2cccc(C(=O)NC[C@@H](O)CNC3Cc4ccccc4C3)c2)CCC1. The van der Waals surface area contributed by atoms with Crippen LogP contribution in [0.25, 0.3) is 0 Å². The van der Waals surface area contributed by atoms with Crippen LogP contribution in [0.3, 0.4) is 0 Å². The highest BCUT2D eigenvalue weighted by Gasteiger charge is 2.22. The number of Topliss-reactive ketones (excluding diaryl/α,β-unsaturated/α-hetero) is 1. The standard InChI is InChI=1S/C31H39N3O3/c1-21(35)23-10-5-12-24(13-6-11-23)30(32)16-22-7-4-14-27(15-22)31(37)34-20-29(36)19-33-28-17-25-8-2-3-9-26(25)18-28/h2-4,7-10,14-15,24,28-29,32-33,36H,5-6,11-13,16-20H2,1H3,(H,34,37)/b23-10-,32-30?/t24?,29-/m0/s1. The van der Waals surface area contributed by atoms with E-state index in [1.807, 2.05) is 24.3 Å². The van der Waals surface area contributed by atoms with Crippen molar-refractivity contribution < 1.29 is 14.7 Å². The Morgan fingerprint density at radius 2 is 1.81 bits per heavy atom. The summed E-state index contributed by atoms with van der Waals surface area (Å²) in [6.07, 6.45) is 8.18. The molecular formula is C31H39N3O3. The van der Waals surface area contributed by atoms with E-state index in [4.69, 9.17) is 5.41 Å². The molecule has 6 nitrogen and oxygen atoms in total. The van der Waals surface area contributed by atoms with Gasteiger partial charge in [0.15, 0.2) is 5.78 Å². The van der Waals surface area contributed by atoms with Gasteiger partial charge in [0.25, 0.3) is 5.91 Å². The molecule has 6 heteroatoms. The lowest BCUT2D eigenvalue weighted by molar-refractivity contribution is -0.113. The fourth-order valence-corrected chi connectivity index (χ4v) is 5.49. The number of allylic oxidation sites excluding steroid dienone is 2. The number of carbonyl (C=O) groups excluding carboxylic acids is 2. The van der Waals surface area contributed by atoms with E-state index in [1.165, 1.54) is 11.1 Å². The first-order chi connectivity index (χ1) is 17.9. The van der Waals surface area contributed by atoms with Crippen LogP contribution in [0.4, 0.5) is 0 Å². The summed E-state index contributed by atoms with van der Waals surface area (Å²) in [5.41, 5.74) is 5.83. The van der Waals surface area contributed by atoms with Gasteiger partial charge in [-0.3, -0.25) is 9.59 Å². The van der Waals surface area contributed by atoms with Crippen LogP contribution in [0.5, 0.6) is 0 Å². The molecule has 0 bridgehead atoms. The van der Waals surface area contributed by atoms with E-state index < -0.39 is 6.10 Å². The average molecular weight is 502 g/mol. The van der Waals surface area contributed by atoms with E-state index in [-0.39, 0.29) is 24.2 Å². The molecule has 2 aliphatic rings. The predicted molar refractivity (Wildman–Crippen MR) is 147 cm³/mol. The fourth-order valence-electron chi connectivity index (χ4n) is 5.49. The topological polar surface area (TPSA) is 102 Å². The lowest BCUT2D eigenvalue weighted by atomic mass is 9.85. The summed E-state index contributed by atoms with van der Waals surface area (Å²) in [6.45, 7) is 2.24. The van der Waals surface area contributed by atoms with Crippen LogP contribution in [-0.4, -0.2) is 47.7 Å². The summed E-state index contributed by atoms with van der Waals surface area (Å²) in [4.78, 5) is 24.4. The molecule has 0 aromatic heterocycles. The van der Waals surface area contributed by atoms with E-state index in [1.54, 1.807) is 13.0 Å². The molecule has 0 saturated carbocycles. The average Bonchev–Trinajstić information content (AvgIpc) is 3.29. The molecule has 4 rings (SSSR count). The van der Waals surface area contributed by atoms with Crippen molar-refractivity contribution in [2.75, 3.05) is 13.1 Å². The van der Waals surface area contributed by atoms with E-state index >= 15 is 0 Å². The smallest absolute Gasteiger partial charge is 0.251 e. The Balaban J connectivity index is 1.21. The molecule has 4 N–H and O–H groups in total. The zero-order valence-corrected chi connectivity index (χ0v) is 21.8. The first-order valence-corrected chi connectivity index (χ1v) is 13.5. The summed E-state index contributed by atoms with van der Waals surface area (Å²) in [5, 5.41) is 25.3. The summed E-state index contributed by atoms with van der Waals surface area (Å²) < 4.78 is 0. The molecule has 0 fully saturated rings. The molecule has 2 aromatic rings. The maximum absolute atomic E-state index is 12.7. The summed E-state index contributed by atoms with van der Waals surface area (Å²) in [7, 11) is 0.